The maximum Gasteiger partial charge on any atom is 0.317 e. The van der Waals surface area contributed by atoms with Crippen LogP contribution in [0.1, 0.15) is 19.1 Å². The third-order valence-electron chi connectivity index (χ3n) is 3.29. The largest absolute Gasteiger partial charge is 0.481 e. The van der Waals surface area contributed by atoms with E-state index in [0.29, 0.717) is 26.1 Å². The first kappa shape index (κ1) is 15.4. The summed E-state index contributed by atoms with van der Waals surface area (Å²) in [7, 11) is 0. The van der Waals surface area contributed by atoms with Crippen LogP contribution in [0.25, 0.3) is 0 Å². The maximum absolute atomic E-state index is 12.1. The number of carboxylic acid groups (broad SMARTS) is 1. The van der Waals surface area contributed by atoms with E-state index in [1.807, 2.05) is 19.1 Å². The molecule has 1 fully saturated rings. The summed E-state index contributed by atoms with van der Waals surface area (Å²) < 4.78 is 10.6. The standard InChI is InChI=1S/C14H20N2O5/c1-10(7-11-3-2-5-20-11)15-14(19)16-4-6-21-12(9-16)8-13(17)18/h2-3,5,10,12H,4,6-9H2,1H3,(H,15,19)(H,17,18). The SMILES string of the molecule is CC(Cc1ccco1)NC(=O)N1CCOC(CC(=O)O)C1. The van der Waals surface area contributed by atoms with E-state index < -0.39 is 12.1 Å². The molecule has 0 saturated carbocycles. The molecule has 0 spiro atoms. The van der Waals surface area contributed by atoms with Gasteiger partial charge in [0, 0.05) is 25.6 Å². The molecular weight excluding hydrogens is 276 g/mol. The summed E-state index contributed by atoms with van der Waals surface area (Å²) >= 11 is 0. The van der Waals surface area contributed by atoms with Crippen molar-refractivity contribution in [3.63, 3.8) is 0 Å². The molecule has 7 heteroatoms. The lowest BCUT2D eigenvalue weighted by Crippen LogP contribution is -2.52. The van der Waals surface area contributed by atoms with E-state index in [2.05, 4.69) is 5.32 Å². The highest BCUT2D eigenvalue weighted by atomic mass is 16.5. The summed E-state index contributed by atoms with van der Waals surface area (Å²) in [6, 6.07) is 3.40. The van der Waals surface area contributed by atoms with E-state index in [0.717, 1.165) is 5.76 Å². The van der Waals surface area contributed by atoms with Crippen LogP contribution in [-0.4, -0.2) is 53.8 Å². The van der Waals surface area contributed by atoms with Gasteiger partial charge in [0.2, 0.25) is 0 Å². The minimum absolute atomic E-state index is 0.0654. The van der Waals surface area contributed by atoms with Crippen LogP contribution in [0, 0.1) is 0 Å². The minimum atomic E-state index is -0.923. The number of rotatable bonds is 5. The van der Waals surface area contributed by atoms with Gasteiger partial charge < -0.3 is 24.5 Å². The molecule has 0 radical (unpaired) electrons. The summed E-state index contributed by atoms with van der Waals surface area (Å²) in [6.45, 7) is 3.02. The van der Waals surface area contributed by atoms with E-state index in [4.69, 9.17) is 14.3 Å². The molecule has 2 amide bonds. The Hall–Kier alpha value is -2.02. The second-order valence-corrected chi connectivity index (χ2v) is 5.17. The van der Waals surface area contributed by atoms with Crippen LogP contribution in [0.2, 0.25) is 0 Å². The van der Waals surface area contributed by atoms with Crippen molar-refractivity contribution in [3.8, 4) is 0 Å². The third kappa shape index (κ3) is 4.78. The van der Waals surface area contributed by atoms with Crippen LogP contribution < -0.4 is 5.32 Å². The van der Waals surface area contributed by atoms with Crippen molar-refractivity contribution >= 4 is 12.0 Å². The lowest BCUT2D eigenvalue weighted by molar-refractivity contribution is -0.141. The van der Waals surface area contributed by atoms with Crippen molar-refractivity contribution in [1.82, 2.24) is 10.2 Å². The van der Waals surface area contributed by atoms with Crippen molar-refractivity contribution in [2.24, 2.45) is 0 Å². The van der Waals surface area contributed by atoms with E-state index in [-0.39, 0.29) is 18.5 Å². The molecule has 2 heterocycles. The smallest absolute Gasteiger partial charge is 0.317 e. The lowest BCUT2D eigenvalue weighted by atomic mass is 10.2. The van der Waals surface area contributed by atoms with Gasteiger partial charge in [-0.2, -0.15) is 0 Å². The number of morpholine rings is 1. The highest BCUT2D eigenvalue weighted by Crippen LogP contribution is 2.10. The maximum atomic E-state index is 12.1. The van der Waals surface area contributed by atoms with Crippen molar-refractivity contribution in [1.29, 1.82) is 0 Å². The van der Waals surface area contributed by atoms with E-state index >= 15 is 0 Å². The Morgan fingerprint density at radius 1 is 1.57 bits per heavy atom. The number of urea groups is 1. The highest BCUT2D eigenvalue weighted by molar-refractivity contribution is 5.75. The molecule has 1 aliphatic heterocycles. The molecule has 1 aromatic heterocycles. The molecule has 21 heavy (non-hydrogen) atoms. The van der Waals surface area contributed by atoms with Gasteiger partial charge in [-0.15, -0.1) is 0 Å². The van der Waals surface area contributed by atoms with E-state index in [1.165, 1.54) is 0 Å². The molecule has 7 nitrogen and oxygen atoms in total. The molecule has 116 valence electrons. The number of ether oxygens (including phenoxy) is 1. The number of carbonyl (C=O) groups is 2. The zero-order valence-electron chi connectivity index (χ0n) is 11.9. The van der Waals surface area contributed by atoms with Gasteiger partial charge in [0.1, 0.15) is 5.76 Å². The molecule has 0 bridgehead atoms. The Bertz CT molecular complexity index is 474. The van der Waals surface area contributed by atoms with Crippen LogP contribution >= 0.6 is 0 Å². The average molecular weight is 296 g/mol. The zero-order valence-corrected chi connectivity index (χ0v) is 11.9. The van der Waals surface area contributed by atoms with E-state index in [9.17, 15) is 9.59 Å². The van der Waals surface area contributed by atoms with Crippen molar-refractivity contribution in [2.75, 3.05) is 19.7 Å². The summed E-state index contributed by atoms with van der Waals surface area (Å²) in [4.78, 5) is 24.4. The number of nitrogens with zero attached hydrogens (tertiary/aromatic N) is 1. The molecular formula is C14H20N2O5. The molecule has 2 rings (SSSR count). The fraction of sp³-hybridized carbons (Fsp3) is 0.571. The summed E-state index contributed by atoms with van der Waals surface area (Å²) in [5.74, 6) is -0.109. The number of nitrogens with one attached hydrogen (secondary N) is 1. The first-order chi connectivity index (χ1) is 10.0. The predicted octanol–water partition coefficient (Wildman–Crippen LogP) is 1.10. The van der Waals surface area contributed by atoms with Gasteiger partial charge in [0.25, 0.3) is 0 Å². The zero-order chi connectivity index (χ0) is 15.2. The molecule has 0 aliphatic carbocycles. The first-order valence-electron chi connectivity index (χ1n) is 6.96. The fourth-order valence-electron chi connectivity index (χ4n) is 2.31. The Kier molecular flexibility index (Phi) is 5.21. The summed E-state index contributed by atoms with van der Waals surface area (Å²) in [5.41, 5.74) is 0. The number of hydrogen-bond donors (Lipinski definition) is 2. The van der Waals surface area contributed by atoms with Crippen molar-refractivity contribution in [3.05, 3.63) is 24.2 Å². The average Bonchev–Trinajstić information content (AvgIpc) is 2.90. The number of carboxylic acids is 1. The Labute approximate surface area is 122 Å². The van der Waals surface area contributed by atoms with Crippen LogP contribution in [0.5, 0.6) is 0 Å². The van der Waals surface area contributed by atoms with Crippen LogP contribution in [0.3, 0.4) is 0 Å². The van der Waals surface area contributed by atoms with E-state index in [1.54, 1.807) is 11.2 Å². The monoisotopic (exact) mass is 296 g/mol. The highest BCUT2D eigenvalue weighted by Gasteiger charge is 2.26. The number of furan rings is 1. The van der Waals surface area contributed by atoms with Gasteiger partial charge in [0.05, 0.1) is 25.4 Å². The summed E-state index contributed by atoms with van der Waals surface area (Å²) in [6.07, 6.45) is 1.68. The summed E-state index contributed by atoms with van der Waals surface area (Å²) in [5, 5.41) is 11.7. The van der Waals surface area contributed by atoms with Crippen molar-refractivity contribution in [2.45, 2.75) is 31.9 Å². The second-order valence-electron chi connectivity index (χ2n) is 5.17. The Morgan fingerprint density at radius 3 is 3.05 bits per heavy atom. The molecule has 1 aromatic rings. The van der Waals surface area contributed by atoms with Gasteiger partial charge in [-0.1, -0.05) is 0 Å². The molecule has 2 atom stereocenters. The first-order valence-corrected chi connectivity index (χ1v) is 6.96. The quantitative estimate of drug-likeness (QED) is 0.848. The van der Waals surface area contributed by atoms with Gasteiger partial charge in [-0.25, -0.2) is 4.79 Å². The van der Waals surface area contributed by atoms with Gasteiger partial charge in [-0.05, 0) is 19.1 Å². The van der Waals surface area contributed by atoms with Crippen LogP contribution in [0.4, 0.5) is 4.79 Å². The van der Waals surface area contributed by atoms with Crippen molar-refractivity contribution < 1.29 is 23.8 Å². The molecule has 1 aliphatic rings. The Morgan fingerprint density at radius 2 is 2.38 bits per heavy atom. The topological polar surface area (TPSA) is 92.0 Å². The van der Waals surface area contributed by atoms with Gasteiger partial charge in [0.15, 0.2) is 0 Å². The normalized spacial score (nSPS) is 20.0. The van der Waals surface area contributed by atoms with Crippen LogP contribution in [-0.2, 0) is 16.0 Å². The molecule has 2 N–H and O–H groups in total. The fourth-order valence-corrected chi connectivity index (χ4v) is 2.31. The predicted molar refractivity (Wildman–Crippen MR) is 74.0 cm³/mol. The third-order valence-corrected chi connectivity index (χ3v) is 3.29. The molecule has 0 aromatic carbocycles. The van der Waals surface area contributed by atoms with Gasteiger partial charge >= 0.3 is 12.0 Å². The second kappa shape index (κ2) is 7.12. The minimum Gasteiger partial charge on any atom is -0.481 e. The number of carbonyl (C=O) groups excluding carboxylic acids is 1. The lowest BCUT2D eigenvalue weighted by Gasteiger charge is -2.33. The van der Waals surface area contributed by atoms with Gasteiger partial charge in [-0.3, -0.25) is 4.79 Å². The molecule has 1 saturated heterocycles. The number of hydrogen-bond acceptors (Lipinski definition) is 4. The number of aliphatic carboxylic acids is 1. The molecule has 2 unspecified atom stereocenters. The Balaban J connectivity index is 1.80. The number of amides is 2. The van der Waals surface area contributed by atoms with Crippen LogP contribution in [0.15, 0.2) is 22.8 Å².